The maximum absolute atomic E-state index is 13.1. The fourth-order valence-corrected chi connectivity index (χ4v) is 3.44. The summed E-state index contributed by atoms with van der Waals surface area (Å²) in [4.78, 5) is 13.3. The highest BCUT2D eigenvalue weighted by Crippen LogP contribution is 2.26. The first-order chi connectivity index (χ1) is 10.5. The van der Waals surface area contributed by atoms with Crippen LogP contribution in [-0.4, -0.2) is 18.2 Å². The third kappa shape index (κ3) is 4.58. The minimum atomic E-state index is -0.519. The van der Waals surface area contributed by atoms with Crippen LogP contribution < -0.4 is 11.1 Å². The van der Waals surface area contributed by atoms with Gasteiger partial charge in [0.1, 0.15) is 5.82 Å². The van der Waals surface area contributed by atoms with Gasteiger partial charge in [-0.15, -0.1) is 11.8 Å². The van der Waals surface area contributed by atoms with Crippen molar-refractivity contribution in [2.24, 2.45) is 5.73 Å². The zero-order valence-corrected chi connectivity index (χ0v) is 15.1. The third-order valence-electron chi connectivity index (χ3n) is 2.75. The van der Waals surface area contributed by atoms with Gasteiger partial charge in [-0.05, 0) is 59.0 Å². The molecule has 116 valence electrons. The first-order valence-electron chi connectivity index (χ1n) is 6.40. The van der Waals surface area contributed by atoms with Crippen LogP contribution in [0.15, 0.2) is 41.3 Å². The molecule has 0 spiro atoms. The quantitative estimate of drug-likeness (QED) is 0.525. The van der Waals surface area contributed by atoms with Crippen LogP contribution in [0.3, 0.4) is 0 Å². The van der Waals surface area contributed by atoms with Gasteiger partial charge in [-0.25, -0.2) is 4.39 Å². The van der Waals surface area contributed by atoms with Crippen molar-refractivity contribution in [3.05, 3.63) is 56.4 Å². The topological polar surface area (TPSA) is 55.1 Å². The van der Waals surface area contributed by atoms with Crippen molar-refractivity contribution >= 4 is 57.5 Å². The lowest BCUT2D eigenvalue weighted by Gasteiger charge is -2.09. The Morgan fingerprint density at radius 3 is 2.77 bits per heavy atom. The molecule has 0 saturated heterocycles. The molecule has 0 fully saturated rings. The molecular formula is C15H13ClFIN2OS. The standard InChI is InChI=1S/C15H13ClFIN2OS/c16-11-8-10(2-3-12(11)17)20-15(21)9-1-4-13(18)14(7-9)22-6-5-19/h1-4,7-8H,5-6,19H2,(H,20,21). The van der Waals surface area contributed by atoms with Gasteiger partial charge < -0.3 is 11.1 Å². The Morgan fingerprint density at radius 1 is 1.32 bits per heavy atom. The first kappa shape index (κ1) is 17.5. The zero-order valence-electron chi connectivity index (χ0n) is 11.4. The molecule has 2 aromatic carbocycles. The molecule has 0 unspecified atom stereocenters. The molecule has 0 aliphatic carbocycles. The molecule has 3 nitrogen and oxygen atoms in total. The second-order valence-electron chi connectivity index (χ2n) is 4.37. The van der Waals surface area contributed by atoms with E-state index in [0.29, 0.717) is 17.8 Å². The Morgan fingerprint density at radius 2 is 2.09 bits per heavy atom. The summed E-state index contributed by atoms with van der Waals surface area (Å²) in [5, 5.41) is 2.67. The molecule has 1 amide bonds. The maximum atomic E-state index is 13.1. The number of carbonyl (C=O) groups is 1. The Bertz CT molecular complexity index is 699. The second-order valence-corrected chi connectivity index (χ2v) is 7.07. The van der Waals surface area contributed by atoms with E-state index in [-0.39, 0.29) is 10.9 Å². The van der Waals surface area contributed by atoms with Crippen LogP contribution in [-0.2, 0) is 0 Å². The van der Waals surface area contributed by atoms with E-state index in [1.165, 1.54) is 18.2 Å². The maximum Gasteiger partial charge on any atom is 0.255 e. The molecule has 0 aliphatic heterocycles. The molecular weight excluding hydrogens is 438 g/mol. The molecule has 0 heterocycles. The van der Waals surface area contributed by atoms with Gasteiger partial charge in [-0.2, -0.15) is 0 Å². The van der Waals surface area contributed by atoms with Crippen LogP contribution in [0.2, 0.25) is 5.02 Å². The summed E-state index contributed by atoms with van der Waals surface area (Å²) in [5.74, 6) is -0.00247. The average Bonchev–Trinajstić information content (AvgIpc) is 2.50. The Labute approximate surface area is 150 Å². The van der Waals surface area contributed by atoms with E-state index in [9.17, 15) is 9.18 Å². The average molecular weight is 451 g/mol. The molecule has 0 aromatic heterocycles. The number of nitrogens with two attached hydrogens (primary N) is 1. The highest BCUT2D eigenvalue weighted by molar-refractivity contribution is 14.1. The minimum Gasteiger partial charge on any atom is -0.330 e. The highest BCUT2D eigenvalue weighted by atomic mass is 127. The molecule has 0 atom stereocenters. The van der Waals surface area contributed by atoms with Crippen LogP contribution in [0, 0.1) is 9.39 Å². The second kappa shape index (κ2) is 8.14. The summed E-state index contributed by atoms with van der Waals surface area (Å²) in [5.41, 5.74) is 6.49. The van der Waals surface area contributed by atoms with E-state index in [1.807, 2.05) is 12.1 Å². The Kier molecular flexibility index (Phi) is 6.49. The highest BCUT2D eigenvalue weighted by Gasteiger charge is 2.10. The van der Waals surface area contributed by atoms with Gasteiger partial charge >= 0.3 is 0 Å². The van der Waals surface area contributed by atoms with E-state index < -0.39 is 5.82 Å². The molecule has 2 rings (SSSR count). The van der Waals surface area contributed by atoms with Crippen molar-refractivity contribution in [1.82, 2.24) is 0 Å². The van der Waals surface area contributed by atoms with Gasteiger partial charge in [0.05, 0.1) is 5.02 Å². The van der Waals surface area contributed by atoms with Crippen molar-refractivity contribution < 1.29 is 9.18 Å². The number of benzene rings is 2. The minimum absolute atomic E-state index is 0.0281. The monoisotopic (exact) mass is 450 g/mol. The number of amides is 1. The Balaban J connectivity index is 2.16. The molecule has 22 heavy (non-hydrogen) atoms. The van der Waals surface area contributed by atoms with Crippen molar-refractivity contribution in [1.29, 1.82) is 0 Å². The SMILES string of the molecule is NCCSc1cc(C(=O)Nc2ccc(F)c(Cl)c2)ccc1I. The predicted molar refractivity (Wildman–Crippen MR) is 98.3 cm³/mol. The first-order valence-corrected chi connectivity index (χ1v) is 8.84. The summed E-state index contributed by atoms with van der Waals surface area (Å²) in [7, 11) is 0. The lowest BCUT2D eigenvalue weighted by molar-refractivity contribution is 0.102. The number of hydrogen-bond acceptors (Lipinski definition) is 3. The van der Waals surface area contributed by atoms with Crippen LogP contribution >= 0.6 is 46.0 Å². The molecule has 0 aliphatic rings. The molecule has 7 heteroatoms. The predicted octanol–water partition coefficient (Wildman–Crippen LogP) is 4.39. The van der Waals surface area contributed by atoms with Gasteiger partial charge in [0, 0.05) is 32.0 Å². The van der Waals surface area contributed by atoms with Crippen molar-refractivity contribution in [3.63, 3.8) is 0 Å². The number of anilines is 1. The van der Waals surface area contributed by atoms with Gasteiger partial charge in [0.25, 0.3) is 5.91 Å². The lowest BCUT2D eigenvalue weighted by Crippen LogP contribution is -2.12. The molecule has 3 N–H and O–H groups in total. The number of rotatable bonds is 5. The number of carbonyl (C=O) groups excluding carboxylic acids is 1. The molecule has 0 bridgehead atoms. The van der Waals surface area contributed by atoms with Crippen LogP contribution in [0.25, 0.3) is 0 Å². The van der Waals surface area contributed by atoms with Crippen molar-refractivity contribution in [2.45, 2.75) is 4.90 Å². The summed E-state index contributed by atoms with van der Waals surface area (Å²) in [6, 6.07) is 9.51. The normalized spacial score (nSPS) is 10.5. The fourth-order valence-electron chi connectivity index (χ4n) is 1.70. The molecule has 0 radical (unpaired) electrons. The lowest BCUT2D eigenvalue weighted by atomic mass is 10.2. The van der Waals surface area contributed by atoms with E-state index >= 15 is 0 Å². The van der Waals surface area contributed by atoms with E-state index in [0.717, 1.165) is 14.2 Å². The summed E-state index contributed by atoms with van der Waals surface area (Å²) >= 11 is 9.53. The number of thioether (sulfide) groups is 1. The van der Waals surface area contributed by atoms with Crippen LogP contribution in [0.1, 0.15) is 10.4 Å². The van der Waals surface area contributed by atoms with Crippen molar-refractivity contribution in [2.75, 3.05) is 17.6 Å². The van der Waals surface area contributed by atoms with Crippen LogP contribution in [0.4, 0.5) is 10.1 Å². The fraction of sp³-hybridized carbons (Fsp3) is 0.133. The molecule has 2 aromatic rings. The third-order valence-corrected chi connectivity index (χ3v) is 5.43. The van der Waals surface area contributed by atoms with Crippen molar-refractivity contribution in [3.8, 4) is 0 Å². The van der Waals surface area contributed by atoms with Gasteiger partial charge in [-0.3, -0.25) is 4.79 Å². The smallest absolute Gasteiger partial charge is 0.255 e. The summed E-state index contributed by atoms with van der Waals surface area (Å²) in [6.45, 7) is 0.575. The van der Waals surface area contributed by atoms with E-state index in [2.05, 4.69) is 27.9 Å². The summed E-state index contributed by atoms with van der Waals surface area (Å²) in [6.07, 6.45) is 0. The van der Waals surface area contributed by atoms with Gasteiger partial charge in [0.2, 0.25) is 0 Å². The van der Waals surface area contributed by atoms with Crippen LogP contribution in [0.5, 0.6) is 0 Å². The number of nitrogens with one attached hydrogen (secondary N) is 1. The van der Waals surface area contributed by atoms with Gasteiger partial charge in [0.15, 0.2) is 0 Å². The zero-order chi connectivity index (χ0) is 16.1. The number of halogens is 3. The van der Waals surface area contributed by atoms with E-state index in [1.54, 1.807) is 17.8 Å². The Hall–Kier alpha value is -0.830. The number of hydrogen-bond donors (Lipinski definition) is 2. The molecule has 0 saturated carbocycles. The van der Waals surface area contributed by atoms with E-state index in [4.69, 9.17) is 17.3 Å². The van der Waals surface area contributed by atoms with Gasteiger partial charge in [-0.1, -0.05) is 11.6 Å². The summed E-state index contributed by atoms with van der Waals surface area (Å²) < 4.78 is 14.2. The largest absolute Gasteiger partial charge is 0.330 e.